The zero-order valence-electron chi connectivity index (χ0n) is 12.2. The summed E-state index contributed by atoms with van der Waals surface area (Å²) in [6.45, 7) is 5.19. The molecule has 1 unspecified atom stereocenters. The molecule has 0 fully saturated rings. The van der Waals surface area contributed by atoms with Crippen LogP contribution < -0.4 is 0 Å². The molecule has 3 rings (SSSR count). The van der Waals surface area contributed by atoms with Gasteiger partial charge >= 0.3 is 0 Å². The molecule has 0 bridgehead atoms. The minimum Gasteiger partial charge on any atom is -0.387 e. The molecule has 1 aliphatic carbocycles. The largest absolute Gasteiger partial charge is 0.387 e. The fraction of sp³-hybridized carbons (Fsp3) is 0.471. The molecule has 0 saturated heterocycles. The van der Waals surface area contributed by atoms with Crippen molar-refractivity contribution in [3.63, 3.8) is 0 Å². The average molecular weight is 270 g/mol. The summed E-state index contributed by atoms with van der Waals surface area (Å²) in [5.74, 6) is 1.47. The van der Waals surface area contributed by atoms with Crippen LogP contribution >= 0.6 is 0 Å². The Morgan fingerprint density at radius 2 is 2.05 bits per heavy atom. The Bertz CT molecular complexity index is 587. The molecule has 1 aromatic carbocycles. The number of rotatable bonds is 3. The molecule has 0 radical (unpaired) electrons. The zero-order valence-corrected chi connectivity index (χ0v) is 12.2. The van der Waals surface area contributed by atoms with Crippen molar-refractivity contribution in [2.24, 2.45) is 0 Å². The average Bonchev–Trinajstić information content (AvgIpc) is 2.81. The number of aliphatic hydroxyl groups excluding tert-OH is 1. The first kappa shape index (κ1) is 13.4. The van der Waals surface area contributed by atoms with Crippen LogP contribution in [0.25, 0.3) is 0 Å². The fourth-order valence-electron chi connectivity index (χ4n) is 3.04. The standard InChI is InChI=1S/C17H22N2O/c1-12(2)17-18-16-14(9-6-10-15(16)20)19(17)11-13-7-4-3-5-8-13/h3-5,7-8,12,15,20H,6,9-11H2,1-2H3. The van der Waals surface area contributed by atoms with Gasteiger partial charge in [-0.3, -0.25) is 0 Å². The molecule has 1 atom stereocenters. The molecule has 1 aromatic heterocycles. The van der Waals surface area contributed by atoms with Gasteiger partial charge in [-0.2, -0.15) is 0 Å². The molecule has 1 aliphatic rings. The number of benzene rings is 1. The Labute approximate surface area is 120 Å². The van der Waals surface area contributed by atoms with Crippen LogP contribution in [0.5, 0.6) is 0 Å². The highest BCUT2D eigenvalue weighted by atomic mass is 16.3. The maximum absolute atomic E-state index is 10.2. The topological polar surface area (TPSA) is 38.0 Å². The van der Waals surface area contributed by atoms with Crippen molar-refractivity contribution in [2.75, 3.05) is 0 Å². The molecule has 0 saturated carbocycles. The van der Waals surface area contributed by atoms with Crippen molar-refractivity contribution < 1.29 is 5.11 Å². The molecular weight excluding hydrogens is 248 g/mol. The summed E-state index contributed by atoms with van der Waals surface area (Å²) in [6.07, 6.45) is 2.53. The van der Waals surface area contributed by atoms with Crippen molar-refractivity contribution in [3.05, 3.63) is 53.1 Å². The molecule has 20 heavy (non-hydrogen) atoms. The third-order valence-electron chi connectivity index (χ3n) is 4.04. The van der Waals surface area contributed by atoms with E-state index >= 15 is 0 Å². The molecule has 1 heterocycles. The molecule has 3 heteroatoms. The predicted octanol–water partition coefficient (Wildman–Crippen LogP) is 3.42. The van der Waals surface area contributed by atoms with Gasteiger partial charge in [0.25, 0.3) is 0 Å². The Morgan fingerprint density at radius 1 is 1.30 bits per heavy atom. The number of hydrogen-bond donors (Lipinski definition) is 1. The van der Waals surface area contributed by atoms with Crippen LogP contribution in [0.2, 0.25) is 0 Å². The van der Waals surface area contributed by atoms with E-state index in [-0.39, 0.29) is 6.10 Å². The number of nitrogens with zero attached hydrogens (tertiary/aromatic N) is 2. The highest BCUT2D eigenvalue weighted by Crippen LogP contribution is 2.32. The lowest BCUT2D eigenvalue weighted by Gasteiger charge is -2.19. The van der Waals surface area contributed by atoms with Crippen molar-refractivity contribution in [1.29, 1.82) is 0 Å². The van der Waals surface area contributed by atoms with Crippen molar-refractivity contribution in [1.82, 2.24) is 9.55 Å². The van der Waals surface area contributed by atoms with Crippen LogP contribution in [0.1, 0.15) is 61.5 Å². The van der Waals surface area contributed by atoms with Gasteiger partial charge in [-0.25, -0.2) is 4.98 Å². The maximum Gasteiger partial charge on any atom is 0.112 e. The first-order valence-corrected chi connectivity index (χ1v) is 7.48. The number of hydrogen-bond acceptors (Lipinski definition) is 2. The molecule has 0 amide bonds. The van der Waals surface area contributed by atoms with Gasteiger partial charge in [-0.15, -0.1) is 0 Å². The van der Waals surface area contributed by atoms with Crippen LogP contribution in [0.3, 0.4) is 0 Å². The normalized spacial score (nSPS) is 18.3. The maximum atomic E-state index is 10.2. The SMILES string of the molecule is CC(C)c1nc2c(n1Cc1ccccc1)CCCC2O. The van der Waals surface area contributed by atoms with E-state index in [2.05, 4.69) is 42.7 Å². The van der Waals surface area contributed by atoms with Gasteiger partial charge in [-0.05, 0) is 24.8 Å². The van der Waals surface area contributed by atoms with E-state index in [0.29, 0.717) is 5.92 Å². The Morgan fingerprint density at radius 3 is 2.75 bits per heavy atom. The van der Waals surface area contributed by atoms with Gasteiger partial charge < -0.3 is 9.67 Å². The number of fused-ring (bicyclic) bond motifs is 1. The van der Waals surface area contributed by atoms with E-state index in [9.17, 15) is 5.11 Å². The van der Waals surface area contributed by atoms with Gasteiger partial charge in [-0.1, -0.05) is 44.2 Å². The van der Waals surface area contributed by atoms with Gasteiger partial charge in [0.15, 0.2) is 0 Å². The molecule has 2 aromatic rings. The van der Waals surface area contributed by atoms with E-state index in [1.807, 2.05) is 6.07 Å². The lowest BCUT2D eigenvalue weighted by atomic mass is 9.98. The van der Waals surface area contributed by atoms with Crippen LogP contribution in [-0.2, 0) is 13.0 Å². The van der Waals surface area contributed by atoms with E-state index in [4.69, 9.17) is 4.98 Å². The zero-order chi connectivity index (χ0) is 14.1. The monoisotopic (exact) mass is 270 g/mol. The van der Waals surface area contributed by atoms with Crippen LogP contribution in [0.4, 0.5) is 0 Å². The summed E-state index contributed by atoms with van der Waals surface area (Å²) >= 11 is 0. The van der Waals surface area contributed by atoms with Gasteiger partial charge in [0.2, 0.25) is 0 Å². The molecule has 0 spiro atoms. The Balaban J connectivity index is 2.04. The quantitative estimate of drug-likeness (QED) is 0.928. The lowest BCUT2D eigenvalue weighted by Crippen LogP contribution is -2.14. The van der Waals surface area contributed by atoms with E-state index in [1.165, 1.54) is 11.3 Å². The Hall–Kier alpha value is -1.61. The second kappa shape index (κ2) is 5.41. The van der Waals surface area contributed by atoms with E-state index in [0.717, 1.165) is 37.3 Å². The minimum absolute atomic E-state index is 0.372. The highest BCUT2D eigenvalue weighted by Gasteiger charge is 2.26. The molecule has 0 aliphatic heterocycles. The summed E-state index contributed by atoms with van der Waals surface area (Å²) in [5.41, 5.74) is 3.43. The number of imidazole rings is 1. The molecule has 106 valence electrons. The van der Waals surface area contributed by atoms with Crippen LogP contribution in [0, 0.1) is 0 Å². The first-order chi connectivity index (χ1) is 9.66. The second-order valence-electron chi connectivity index (χ2n) is 5.94. The minimum atomic E-state index is -0.381. The third kappa shape index (κ3) is 2.38. The first-order valence-electron chi connectivity index (χ1n) is 7.48. The van der Waals surface area contributed by atoms with Gasteiger partial charge in [0, 0.05) is 18.2 Å². The number of aromatic nitrogens is 2. The van der Waals surface area contributed by atoms with Crippen LogP contribution in [-0.4, -0.2) is 14.7 Å². The molecule has 1 N–H and O–H groups in total. The van der Waals surface area contributed by atoms with Gasteiger partial charge in [0.05, 0.1) is 11.8 Å². The Kier molecular flexibility index (Phi) is 3.62. The van der Waals surface area contributed by atoms with E-state index < -0.39 is 0 Å². The predicted molar refractivity (Wildman–Crippen MR) is 79.8 cm³/mol. The van der Waals surface area contributed by atoms with Crippen molar-refractivity contribution in [3.8, 4) is 0 Å². The number of aliphatic hydroxyl groups is 1. The summed E-state index contributed by atoms with van der Waals surface area (Å²) in [4.78, 5) is 4.74. The summed E-state index contributed by atoms with van der Waals surface area (Å²) in [7, 11) is 0. The summed E-state index contributed by atoms with van der Waals surface area (Å²) in [5, 5.41) is 10.2. The van der Waals surface area contributed by atoms with Crippen molar-refractivity contribution in [2.45, 2.75) is 51.7 Å². The summed E-state index contributed by atoms with van der Waals surface area (Å²) < 4.78 is 2.32. The van der Waals surface area contributed by atoms with Crippen molar-refractivity contribution >= 4 is 0 Å². The highest BCUT2D eigenvalue weighted by molar-refractivity contribution is 5.26. The summed E-state index contributed by atoms with van der Waals surface area (Å²) in [6, 6.07) is 10.5. The molecular formula is C17H22N2O. The van der Waals surface area contributed by atoms with Gasteiger partial charge in [0.1, 0.15) is 5.82 Å². The van der Waals surface area contributed by atoms with E-state index in [1.54, 1.807) is 0 Å². The third-order valence-corrected chi connectivity index (χ3v) is 4.04. The fourth-order valence-corrected chi connectivity index (χ4v) is 3.04. The smallest absolute Gasteiger partial charge is 0.112 e. The second-order valence-corrected chi connectivity index (χ2v) is 5.94. The van der Waals surface area contributed by atoms with Crippen LogP contribution in [0.15, 0.2) is 30.3 Å². The molecule has 3 nitrogen and oxygen atoms in total. The lowest BCUT2D eigenvalue weighted by molar-refractivity contribution is 0.151.